The molecule has 0 aliphatic heterocycles. The number of hydrazone groups is 1. The van der Waals surface area contributed by atoms with Gasteiger partial charge in [-0.15, -0.1) is 0 Å². The zero-order valence-corrected chi connectivity index (χ0v) is 13.4. The summed E-state index contributed by atoms with van der Waals surface area (Å²) in [6.07, 6.45) is 1.41. The van der Waals surface area contributed by atoms with E-state index < -0.39 is 5.97 Å². The quantitative estimate of drug-likeness (QED) is 0.638. The Morgan fingerprint density at radius 1 is 1.12 bits per heavy atom. The number of carboxylic acids is 1. The highest BCUT2D eigenvalue weighted by molar-refractivity contribution is 5.88. The molecule has 0 aliphatic rings. The molecule has 0 aliphatic carbocycles. The first-order chi connectivity index (χ1) is 11.5. The van der Waals surface area contributed by atoms with E-state index in [1.165, 1.54) is 18.3 Å². The Bertz CT molecular complexity index is 747. The number of carbonyl (C=O) groups is 2. The Balaban J connectivity index is 1.85. The van der Waals surface area contributed by atoms with Crippen molar-refractivity contribution in [3.05, 3.63) is 64.7 Å². The van der Waals surface area contributed by atoms with Crippen LogP contribution < -0.4 is 15.3 Å². The summed E-state index contributed by atoms with van der Waals surface area (Å²) in [5, 5.41) is 14.4. The number of carbonyl (C=O) groups excluding carboxylic acids is 2. The van der Waals surface area contributed by atoms with Gasteiger partial charge in [0.25, 0.3) is 5.91 Å². The van der Waals surface area contributed by atoms with Crippen LogP contribution in [0.25, 0.3) is 0 Å². The van der Waals surface area contributed by atoms with E-state index in [2.05, 4.69) is 10.5 Å². The largest absolute Gasteiger partial charge is 0.545 e. The van der Waals surface area contributed by atoms with Crippen LogP contribution in [0.4, 0.5) is 0 Å². The average Bonchev–Trinajstić information content (AvgIpc) is 2.55. The Morgan fingerprint density at radius 3 is 2.33 bits per heavy atom. The maximum Gasteiger partial charge on any atom is 0.277 e. The Hall–Kier alpha value is -3.15. The van der Waals surface area contributed by atoms with Gasteiger partial charge in [0.1, 0.15) is 5.75 Å². The van der Waals surface area contributed by atoms with Crippen LogP contribution in [0.15, 0.2) is 47.6 Å². The Labute approximate surface area is 139 Å². The van der Waals surface area contributed by atoms with Crippen molar-refractivity contribution in [2.45, 2.75) is 13.8 Å². The molecule has 0 unspecified atom stereocenters. The van der Waals surface area contributed by atoms with Gasteiger partial charge in [0.2, 0.25) is 0 Å². The molecule has 2 aromatic rings. The molecule has 0 heterocycles. The number of benzene rings is 2. The normalized spacial score (nSPS) is 10.6. The molecule has 0 fully saturated rings. The highest BCUT2D eigenvalue weighted by Gasteiger charge is 2.06. The number of nitrogens with zero attached hydrogens (tertiary/aromatic N) is 1. The molecule has 1 amide bonds. The topological polar surface area (TPSA) is 90.8 Å². The van der Waals surface area contributed by atoms with Gasteiger partial charge < -0.3 is 14.6 Å². The predicted molar refractivity (Wildman–Crippen MR) is 87.9 cm³/mol. The summed E-state index contributed by atoms with van der Waals surface area (Å²) in [4.78, 5) is 22.4. The number of hydrogen-bond acceptors (Lipinski definition) is 5. The molecule has 124 valence electrons. The van der Waals surface area contributed by atoms with Gasteiger partial charge in [0.05, 0.1) is 12.2 Å². The van der Waals surface area contributed by atoms with Crippen LogP contribution in [-0.4, -0.2) is 24.7 Å². The van der Waals surface area contributed by atoms with E-state index >= 15 is 0 Å². The van der Waals surface area contributed by atoms with Gasteiger partial charge in [-0.2, -0.15) is 5.10 Å². The van der Waals surface area contributed by atoms with E-state index in [0.29, 0.717) is 11.3 Å². The second-order valence-corrected chi connectivity index (χ2v) is 5.21. The van der Waals surface area contributed by atoms with Crippen molar-refractivity contribution in [3.63, 3.8) is 0 Å². The van der Waals surface area contributed by atoms with Gasteiger partial charge in [-0.25, -0.2) is 5.43 Å². The van der Waals surface area contributed by atoms with Crippen LogP contribution in [-0.2, 0) is 4.79 Å². The molecule has 6 nitrogen and oxygen atoms in total. The number of rotatable bonds is 6. The minimum Gasteiger partial charge on any atom is -0.545 e. The summed E-state index contributed by atoms with van der Waals surface area (Å²) in [5.74, 6) is -0.940. The lowest BCUT2D eigenvalue weighted by Crippen LogP contribution is -2.25. The summed E-state index contributed by atoms with van der Waals surface area (Å²) >= 11 is 0. The molecule has 2 aromatic carbocycles. The van der Waals surface area contributed by atoms with Crippen molar-refractivity contribution in [1.29, 1.82) is 0 Å². The molecule has 0 spiro atoms. The number of aryl methyl sites for hydroxylation is 2. The van der Waals surface area contributed by atoms with Crippen molar-refractivity contribution in [3.8, 4) is 5.75 Å². The number of amides is 1. The van der Waals surface area contributed by atoms with Gasteiger partial charge in [-0.3, -0.25) is 4.79 Å². The van der Waals surface area contributed by atoms with Gasteiger partial charge in [-0.1, -0.05) is 42.5 Å². The molecule has 6 heteroatoms. The standard InChI is InChI=1S/C18H18N2O4/c1-12-4-3-5-13(2)17(12)24-11-16(21)20-19-10-14-6-8-15(9-7-14)18(22)23/h3-10H,11H2,1-2H3,(H,20,21)(H,22,23)/p-1/b19-10-. The fourth-order valence-electron chi connectivity index (χ4n) is 2.08. The number of hydrogen-bond donors (Lipinski definition) is 1. The van der Waals surface area contributed by atoms with Crippen LogP contribution in [0.1, 0.15) is 27.0 Å². The fraction of sp³-hybridized carbons (Fsp3) is 0.167. The third kappa shape index (κ3) is 4.67. The number of carboxylic acid groups (broad SMARTS) is 1. The molecular weight excluding hydrogens is 308 g/mol. The first-order valence-corrected chi connectivity index (χ1v) is 7.29. The number of ether oxygens (including phenoxy) is 1. The fourth-order valence-corrected chi connectivity index (χ4v) is 2.08. The van der Waals surface area contributed by atoms with E-state index in [1.54, 1.807) is 12.1 Å². The molecule has 0 saturated carbocycles. The molecule has 24 heavy (non-hydrogen) atoms. The Kier molecular flexibility index (Phi) is 5.68. The van der Waals surface area contributed by atoms with E-state index in [0.717, 1.165) is 11.1 Å². The van der Waals surface area contributed by atoms with Crippen LogP contribution in [0.2, 0.25) is 0 Å². The summed E-state index contributed by atoms with van der Waals surface area (Å²) in [6.45, 7) is 3.68. The molecular formula is C18H17N2O4-. The molecule has 1 N–H and O–H groups in total. The van der Waals surface area contributed by atoms with Gasteiger partial charge in [-0.05, 0) is 36.1 Å². The first kappa shape index (κ1) is 17.2. The minimum absolute atomic E-state index is 0.0817. The lowest BCUT2D eigenvalue weighted by Gasteiger charge is -2.10. The molecule has 2 rings (SSSR count). The van der Waals surface area contributed by atoms with Crippen molar-refractivity contribution in [1.82, 2.24) is 5.43 Å². The van der Waals surface area contributed by atoms with Gasteiger partial charge in [0, 0.05) is 0 Å². The highest BCUT2D eigenvalue weighted by Crippen LogP contribution is 2.21. The number of nitrogens with one attached hydrogen (secondary N) is 1. The number of para-hydroxylation sites is 1. The van der Waals surface area contributed by atoms with E-state index in [4.69, 9.17) is 4.74 Å². The third-order valence-corrected chi connectivity index (χ3v) is 3.31. The lowest BCUT2D eigenvalue weighted by molar-refractivity contribution is -0.255. The maximum atomic E-state index is 11.7. The smallest absolute Gasteiger partial charge is 0.277 e. The summed E-state index contributed by atoms with van der Waals surface area (Å²) in [6, 6.07) is 11.7. The lowest BCUT2D eigenvalue weighted by atomic mass is 10.1. The van der Waals surface area contributed by atoms with Crippen molar-refractivity contribution >= 4 is 18.1 Å². The molecule has 0 radical (unpaired) electrons. The first-order valence-electron chi connectivity index (χ1n) is 7.29. The van der Waals surface area contributed by atoms with Crippen molar-refractivity contribution < 1.29 is 19.4 Å². The summed E-state index contributed by atoms with van der Waals surface area (Å²) in [7, 11) is 0. The highest BCUT2D eigenvalue weighted by atomic mass is 16.5. The zero-order chi connectivity index (χ0) is 17.5. The summed E-state index contributed by atoms with van der Waals surface area (Å²) < 4.78 is 5.52. The van der Waals surface area contributed by atoms with Crippen LogP contribution in [0, 0.1) is 13.8 Å². The van der Waals surface area contributed by atoms with Crippen molar-refractivity contribution in [2.75, 3.05) is 6.61 Å². The second kappa shape index (κ2) is 7.92. The van der Waals surface area contributed by atoms with Crippen LogP contribution in [0.3, 0.4) is 0 Å². The van der Waals surface area contributed by atoms with Gasteiger partial charge >= 0.3 is 0 Å². The maximum absolute atomic E-state index is 11.7. The van der Waals surface area contributed by atoms with E-state index in [9.17, 15) is 14.7 Å². The minimum atomic E-state index is -1.24. The van der Waals surface area contributed by atoms with Crippen molar-refractivity contribution in [2.24, 2.45) is 5.10 Å². The van der Waals surface area contributed by atoms with E-state index in [1.807, 2.05) is 32.0 Å². The summed E-state index contributed by atoms with van der Waals surface area (Å²) in [5.41, 5.74) is 5.00. The molecule has 0 bridgehead atoms. The third-order valence-electron chi connectivity index (χ3n) is 3.31. The van der Waals surface area contributed by atoms with Gasteiger partial charge in [0.15, 0.2) is 6.61 Å². The van der Waals surface area contributed by atoms with Crippen LogP contribution >= 0.6 is 0 Å². The predicted octanol–water partition coefficient (Wildman–Crippen LogP) is 1.20. The zero-order valence-electron chi connectivity index (χ0n) is 13.4. The monoisotopic (exact) mass is 325 g/mol. The molecule has 0 atom stereocenters. The van der Waals surface area contributed by atoms with Crippen LogP contribution in [0.5, 0.6) is 5.75 Å². The molecule has 0 aromatic heterocycles. The van der Waals surface area contributed by atoms with E-state index in [-0.39, 0.29) is 18.1 Å². The SMILES string of the molecule is Cc1cccc(C)c1OCC(=O)N/N=C\c1ccc(C(=O)[O-])cc1. The molecule has 0 saturated heterocycles. The average molecular weight is 325 g/mol. The Morgan fingerprint density at radius 2 is 1.75 bits per heavy atom. The second-order valence-electron chi connectivity index (χ2n) is 5.21. The number of aromatic carboxylic acids is 1.